The van der Waals surface area contributed by atoms with Gasteiger partial charge in [-0.15, -0.1) is 0 Å². The molecule has 1 unspecified atom stereocenters. The lowest BCUT2D eigenvalue weighted by atomic mass is 10.0. The van der Waals surface area contributed by atoms with Gasteiger partial charge in [0.15, 0.2) is 0 Å². The van der Waals surface area contributed by atoms with E-state index < -0.39 is 35.6 Å². The summed E-state index contributed by atoms with van der Waals surface area (Å²) in [5.41, 5.74) is 0.365. The Balaban J connectivity index is 2.30. The fourth-order valence-electron chi connectivity index (χ4n) is 3.07. The number of nitrogens with zero attached hydrogens (tertiary/aromatic N) is 2. The molecule has 1 aromatic carbocycles. The Labute approximate surface area is 175 Å². The molecule has 164 valence electrons. The largest absolute Gasteiger partial charge is 0.465 e. The van der Waals surface area contributed by atoms with Crippen molar-refractivity contribution in [3.05, 3.63) is 35.4 Å². The van der Waals surface area contributed by atoms with Crippen molar-refractivity contribution in [1.82, 2.24) is 9.80 Å². The summed E-state index contributed by atoms with van der Waals surface area (Å²) in [5.74, 6) is -2.16. The zero-order valence-corrected chi connectivity index (χ0v) is 18.0. The first kappa shape index (κ1) is 23.2. The third-order valence-corrected chi connectivity index (χ3v) is 4.46. The molecule has 2 rings (SSSR count). The minimum Gasteiger partial charge on any atom is -0.465 e. The molecule has 0 bridgehead atoms. The second-order valence-electron chi connectivity index (χ2n) is 7.77. The molecular weight excluding hydrogens is 392 g/mol. The van der Waals surface area contributed by atoms with Gasteiger partial charge in [0.1, 0.15) is 5.60 Å². The number of amides is 2. The van der Waals surface area contributed by atoms with Crippen LogP contribution in [0.1, 0.15) is 49.7 Å². The molecule has 1 atom stereocenters. The number of piperazine rings is 1. The van der Waals surface area contributed by atoms with Crippen LogP contribution in [0.5, 0.6) is 0 Å². The molecule has 0 saturated carbocycles. The minimum atomic E-state index is -0.928. The first-order valence-electron chi connectivity index (χ1n) is 9.71. The minimum absolute atomic E-state index is 0.0917. The van der Waals surface area contributed by atoms with Crippen molar-refractivity contribution in [2.24, 2.45) is 0 Å². The third-order valence-electron chi connectivity index (χ3n) is 4.46. The normalized spacial score (nSPS) is 16.6. The molecule has 9 nitrogen and oxygen atoms in total. The van der Waals surface area contributed by atoms with Gasteiger partial charge in [0, 0.05) is 19.6 Å². The summed E-state index contributed by atoms with van der Waals surface area (Å²) in [6.07, 6.45) is -0.521. The van der Waals surface area contributed by atoms with Crippen LogP contribution in [0.25, 0.3) is 0 Å². The monoisotopic (exact) mass is 420 g/mol. The molecule has 2 amide bonds. The van der Waals surface area contributed by atoms with E-state index >= 15 is 0 Å². The van der Waals surface area contributed by atoms with E-state index in [0.717, 1.165) is 0 Å². The molecule has 0 spiro atoms. The van der Waals surface area contributed by atoms with Crippen LogP contribution in [0.2, 0.25) is 0 Å². The van der Waals surface area contributed by atoms with E-state index in [2.05, 4.69) is 0 Å². The molecule has 0 aromatic heterocycles. The summed E-state index contributed by atoms with van der Waals surface area (Å²) < 4.78 is 15.0. The van der Waals surface area contributed by atoms with E-state index in [1.54, 1.807) is 52.0 Å². The summed E-state index contributed by atoms with van der Waals surface area (Å²) in [4.78, 5) is 51.6. The van der Waals surface area contributed by atoms with Crippen molar-refractivity contribution in [3.63, 3.8) is 0 Å². The number of hydrogen-bond acceptors (Lipinski definition) is 7. The Morgan fingerprint density at radius 2 is 1.70 bits per heavy atom. The summed E-state index contributed by atoms with van der Waals surface area (Å²) >= 11 is 0. The Hall–Kier alpha value is -3.10. The van der Waals surface area contributed by atoms with Crippen molar-refractivity contribution in [3.8, 4) is 0 Å². The number of esters is 2. The molecule has 0 radical (unpaired) electrons. The van der Waals surface area contributed by atoms with Gasteiger partial charge in [0.05, 0.1) is 25.3 Å². The van der Waals surface area contributed by atoms with Crippen LogP contribution >= 0.6 is 0 Å². The molecule has 0 aliphatic carbocycles. The van der Waals surface area contributed by atoms with E-state index in [4.69, 9.17) is 14.2 Å². The van der Waals surface area contributed by atoms with Gasteiger partial charge in [0.25, 0.3) is 0 Å². The van der Waals surface area contributed by atoms with Gasteiger partial charge >= 0.3 is 23.9 Å². The maximum absolute atomic E-state index is 12.8. The van der Waals surface area contributed by atoms with Crippen LogP contribution in [0.15, 0.2) is 24.3 Å². The van der Waals surface area contributed by atoms with Crippen LogP contribution in [0, 0.1) is 0 Å². The van der Waals surface area contributed by atoms with Gasteiger partial charge in [-0.2, -0.15) is 0 Å². The number of methoxy groups -OCH3 is 1. The van der Waals surface area contributed by atoms with Crippen LogP contribution in [-0.4, -0.2) is 72.7 Å². The predicted molar refractivity (Wildman–Crippen MR) is 107 cm³/mol. The number of rotatable bonds is 3. The Bertz CT molecular complexity index is 799. The van der Waals surface area contributed by atoms with Crippen LogP contribution in [0.3, 0.4) is 0 Å². The van der Waals surface area contributed by atoms with E-state index in [0.29, 0.717) is 11.1 Å². The molecule has 0 N–H and O–H groups in total. The number of ether oxygens (including phenoxy) is 3. The fraction of sp³-hybridized carbons (Fsp3) is 0.524. The van der Waals surface area contributed by atoms with Crippen LogP contribution < -0.4 is 0 Å². The van der Waals surface area contributed by atoms with E-state index in [1.807, 2.05) is 0 Å². The zero-order valence-electron chi connectivity index (χ0n) is 18.0. The van der Waals surface area contributed by atoms with Gasteiger partial charge in [0.2, 0.25) is 0 Å². The standard InChI is InChI=1S/C21H28N2O7/c1-6-29-19(26)17(24)22-11-12-23(20(27)30-21(2,3)4)16(13-22)14-7-9-15(10-8-14)18(25)28-5/h7-10,16H,6,11-13H2,1-5H3. The van der Waals surface area contributed by atoms with Gasteiger partial charge in [-0.25, -0.2) is 14.4 Å². The molecule has 1 heterocycles. The first-order chi connectivity index (χ1) is 14.1. The lowest BCUT2D eigenvalue weighted by molar-refractivity contribution is -0.161. The van der Waals surface area contributed by atoms with Gasteiger partial charge in [-0.1, -0.05) is 12.1 Å². The smallest absolute Gasteiger partial charge is 0.410 e. The molecule has 1 aliphatic heterocycles. The van der Waals surface area contributed by atoms with Crippen LogP contribution in [0.4, 0.5) is 4.79 Å². The molecular formula is C21H28N2O7. The van der Waals surface area contributed by atoms with Gasteiger partial charge < -0.3 is 19.1 Å². The highest BCUT2D eigenvalue weighted by Gasteiger charge is 2.37. The molecule has 30 heavy (non-hydrogen) atoms. The lowest BCUT2D eigenvalue weighted by Gasteiger charge is -2.41. The van der Waals surface area contributed by atoms with Crippen molar-refractivity contribution in [1.29, 1.82) is 0 Å². The zero-order chi connectivity index (χ0) is 22.5. The fourth-order valence-corrected chi connectivity index (χ4v) is 3.07. The SMILES string of the molecule is CCOC(=O)C(=O)N1CCN(C(=O)OC(C)(C)C)C(c2ccc(C(=O)OC)cc2)C1. The van der Waals surface area contributed by atoms with Gasteiger partial charge in [-0.05, 0) is 45.4 Å². The van der Waals surface area contributed by atoms with Crippen molar-refractivity contribution >= 4 is 23.9 Å². The number of carbonyl (C=O) groups excluding carboxylic acids is 4. The van der Waals surface area contributed by atoms with Crippen molar-refractivity contribution in [2.75, 3.05) is 33.4 Å². The Morgan fingerprint density at radius 3 is 2.23 bits per heavy atom. The van der Waals surface area contributed by atoms with E-state index in [1.165, 1.54) is 16.9 Å². The van der Waals surface area contributed by atoms with E-state index in [9.17, 15) is 19.2 Å². The first-order valence-corrected chi connectivity index (χ1v) is 9.71. The molecule has 1 fully saturated rings. The summed E-state index contributed by atoms with van der Waals surface area (Å²) in [7, 11) is 1.29. The average Bonchev–Trinajstić information content (AvgIpc) is 2.71. The van der Waals surface area contributed by atoms with Crippen molar-refractivity contribution in [2.45, 2.75) is 39.3 Å². The summed E-state index contributed by atoms with van der Waals surface area (Å²) in [5, 5.41) is 0. The molecule has 1 aliphatic rings. The Kier molecular flexibility index (Phi) is 7.42. The average molecular weight is 420 g/mol. The predicted octanol–water partition coefficient (Wildman–Crippen LogP) is 2.16. The molecule has 1 saturated heterocycles. The topological polar surface area (TPSA) is 102 Å². The molecule has 1 aromatic rings. The molecule has 9 heteroatoms. The highest BCUT2D eigenvalue weighted by molar-refractivity contribution is 6.32. The maximum atomic E-state index is 12.8. The highest BCUT2D eigenvalue weighted by atomic mass is 16.6. The second-order valence-corrected chi connectivity index (χ2v) is 7.77. The third kappa shape index (κ3) is 5.71. The quantitative estimate of drug-likeness (QED) is 0.419. The Morgan fingerprint density at radius 1 is 1.07 bits per heavy atom. The van der Waals surface area contributed by atoms with Crippen LogP contribution in [-0.2, 0) is 23.8 Å². The highest BCUT2D eigenvalue weighted by Crippen LogP contribution is 2.28. The van der Waals surface area contributed by atoms with Crippen molar-refractivity contribution < 1.29 is 33.4 Å². The number of hydrogen-bond donors (Lipinski definition) is 0. The maximum Gasteiger partial charge on any atom is 0.410 e. The number of carbonyl (C=O) groups is 4. The summed E-state index contributed by atoms with van der Waals surface area (Å²) in [6, 6.07) is 5.99. The second kappa shape index (κ2) is 9.60. The van der Waals surface area contributed by atoms with Gasteiger partial charge in [-0.3, -0.25) is 9.69 Å². The number of benzene rings is 1. The summed E-state index contributed by atoms with van der Waals surface area (Å²) in [6.45, 7) is 7.48. The lowest BCUT2D eigenvalue weighted by Crippen LogP contribution is -2.54. The van der Waals surface area contributed by atoms with E-state index in [-0.39, 0.29) is 26.2 Å².